The molecule has 2 unspecified atom stereocenters. The van der Waals surface area contributed by atoms with Crippen LogP contribution in [0.1, 0.15) is 53.3 Å². The number of hydrogen-bond donors (Lipinski definition) is 2. The predicted octanol–water partition coefficient (Wildman–Crippen LogP) is 5.76. The molecule has 34 heavy (non-hydrogen) atoms. The number of anilines is 1. The van der Waals surface area contributed by atoms with Gasteiger partial charge < -0.3 is 10.6 Å². The van der Waals surface area contributed by atoms with Crippen LogP contribution in [-0.4, -0.2) is 16.7 Å². The van der Waals surface area contributed by atoms with Crippen LogP contribution in [0, 0.1) is 13.8 Å². The van der Waals surface area contributed by atoms with E-state index in [1.54, 1.807) is 17.4 Å². The van der Waals surface area contributed by atoms with Crippen LogP contribution >= 0.6 is 11.3 Å². The number of Topliss-reactive ketones (excluding diaryl/α,β-unsaturated/α-hetero) is 1. The topological polar surface area (TPSA) is 71.1 Å². The lowest BCUT2D eigenvalue weighted by atomic mass is 9.72. The van der Waals surface area contributed by atoms with Crippen molar-refractivity contribution in [3.8, 4) is 0 Å². The number of carbonyl (C=O) groups is 2. The van der Waals surface area contributed by atoms with Crippen LogP contribution in [0.15, 0.2) is 82.5 Å². The summed E-state index contributed by atoms with van der Waals surface area (Å²) in [5.41, 5.74) is 5.89. The van der Waals surface area contributed by atoms with Crippen molar-refractivity contribution in [3.63, 3.8) is 0 Å². The highest BCUT2D eigenvalue weighted by Crippen LogP contribution is 2.46. The van der Waals surface area contributed by atoms with Gasteiger partial charge in [0.25, 0.3) is 5.91 Å². The van der Waals surface area contributed by atoms with Crippen LogP contribution in [0.5, 0.6) is 0 Å². The number of nitrogens with zero attached hydrogens (tertiary/aromatic N) is 1. The van der Waals surface area contributed by atoms with Gasteiger partial charge in [0, 0.05) is 51.4 Å². The zero-order valence-electron chi connectivity index (χ0n) is 19.5. The SMILES string of the molecule is CC1=C(C(=O)Nc2cccc(C)n2)C(c2ccc(C)cc2)C2=C(CC(c3cccs3)CC2=O)N1. The van der Waals surface area contributed by atoms with Gasteiger partial charge in [-0.3, -0.25) is 9.59 Å². The standard InChI is InChI=1S/C28H27N3O2S/c1-16-9-11-19(12-10-16)26-25(28(33)31-24-8-4-6-17(2)29-24)18(3)30-21-14-20(15-22(32)27(21)26)23-7-5-13-34-23/h4-13,20,26,30H,14-15H2,1-3H3,(H,29,31,33). The highest BCUT2D eigenvalue weighted by atomic mass is 32.1. The number of hydrogen-bond acceptors (Lipinski definition) is 5. The van der Waals surface area contributed by atoms with Gasteiger partial charge in [0.15, 0.2) is 5.78 Å². The van der Waals surface area contributed by atoms with Gasteiger partial charge in [-0.1, -0.05) is 42.0 Å². The number of benzene rings is 1. The summed E-state index contributed by atoms with van der Waals surface area (Å²) in [4.78, 5) is 32.8. The molecule has 0 bridgehead atoms. The molecule has 2 aliphatic rings. The molecule has 0 spiro atoms. The summed E-state index contributed by atoms with van der Waals surface area (Å²) in [6.07, 6.45) is 1.21. The maximum atomic E-state index is 13.6. The van der Waals surface area contributed by atoms with E-state index < -0.39 is 5.92 Å². The van der Waals surface area contributed by atoms with Crippen LogP contribution in [0.25, 0.3) is 0 Å². The Morgan fingerprint density at radius 1 is 1.03 bits per heavy atom. The summed E-state index contributed by atoms with van der Waals surface area (Å²) in [7, 11) is 0. The van der Waals surface area contributed by atoms with Crippen molar-refractivity contribution in [2.75, 3.05) is 5.32 Å². The first-order valence-electron chi connectivity index (χ1n) is 11.5. The fourth-order valence-electron chi connectivity index (χ4n) is 4.95. The van der Waals surface area contributed by atoms with Gasteiger partial charge >= 0.3 is 0 Å². The number of allylic oxidation sites excluding steroid dienone is 3. The molecule has 0 fully saturated rings. The van der Waals surface area contributed by atoms with Crippen molar-refractivity contribution in [1.29, 1.82) is 0 Å². The number of thiophene rings is 1. The van der Waals surface area contributed by atoms with Crippen molar-refractivity contribution in [2.45, 2.75) is 45.4 Å². The molecule has 3 aromatic rings. The second-order valence-electron chi connectivity index (χ2n) is 9.06. The largest absolute Gasteiger partial charge is 0.362 e. The van der Waals surface area contributed by atoms with Gasteiger partial charge in [0.2, 0.25) is 0 Å². The van der Waals surface area contributed by atoms with Crippen LogP contribution in [-0.2, 0) is 9.59 Å². The van der Waals surface area contributed by atoms with Gasteiger partial charge in [-0.2, -0.15) is 0 Å². The smallest absolute Gasteiger partial charge is 0.255 e. The molecule has 1 aliphatic heterocycles. The Labute approximate surface area is 203 Å². The molecule has 5 rings (SSSR count). The number of carbonyl (C=O) groups excluding carboxylic acids is 2. The van der Waals surface area contributed by atoms with Gasteiger partial charge in [-0.25, -0.2) is 4.98 Å². The minimum absolute atomic E-state index is 0.101. The highest BCUT2D eigenvalue weighted by molar-refractivity contribution is 7.10. The summed E-state index contributed by atoms with van der Waals surface area (Å²) in [5, 5.41) is 8.45. The Morgan fingerprint density at radius 3 is 2.53 bits per heavy atom. The first kappa shape index (κ1) is 22.3. The molecular formula is C28H27N3O2S. The summed E-state index contributed by atoms with van der Waals surface area (Å²) in [5.74, 6) is 0.105. The van der Waals surface area contributed by atoms with Crippen molar-refractivity contribution < 1.29 is 9.59 Å². The monoisotopic (exact) mass is 469 g/mol. The van der Waals surface area contributed by atoms with Crippen LogP contribution in [0.3, 0.4) is 0 Å². The van der Waals surface area contributed by atoms with E-state index in [-0.39, 0.29) is 17.6 Å². The fraction of sp³-hybridized carbons (Fsp3) is 0.250. The lowest BCUT2D eigenvalue weighted by Gasteiger charge is -2.36. The lowest BCUT2D eigenvalue weighted by Crippen LogP contribution is -2.37. The van der Waals surface area contributed by atoms with Crippen molar-refractivity contribution in [3.05, 3.63) is 104 Å². The van der Waals surface area contributed by atoms with E-state index in [0.717, 1.165) is 34.6 Å². The third-order valence-corrected chi connectivity index (χ3v) is 7.59. The van der Waals surface area contributed by atoms with Crippen molar-refractivity contribution in [2.24, 2.45) is 0 Å². The number of nitrogens with one attached hydrogen (secondary N) is 2. The van der Waals surface area contributed by atoms with E-state index in [2.05, 4.69) is 27.1 Å². The molecule has 0 saturated heterocycles. The summed E-state index contributed by atoms with van der Waals surface area (Å²) < 4.78 is 0. The number of amides is 1. The second-order valence-corrected chi connectivity index (χ2v) is 10.0. The Balaban J connectivity index is 1.56. The Bertz CT molecular complexity index is 1320. The Hall–Kier alpha value is -3.51. The number of pyridine rings is 1. The average molecular weight is 470 g/mol. The summed E-state index contributed by atoms with van der Waals surface area (Å²) in [6, 6.07) is 17.8. The number of dihydropyridines is 1. The molecule has 2 aromatic heterocycles. The molecule has 3 heterocycles. The number of rotatable bonds is 4. The highest BCUT2D eigenvalue weighted by Gasteiger charge is 2.41. The second kappa shape index (κ2) is 9.03. The minimum atomic E-state index is -0.418. The summed E-state index contributed by atoms with van der Waals surface area (Å²) >= 11 is 1.69. The van der Waals surface area contributed by atoms with E-state index in [1.165, 1.54) is 4.88 Å². The quantitative estimate of drug-likeness (QED) is 0.510. The van der Waals surface area contributed by atoms with Crippen LogP contribution < -0.4 is 10.6 Å². The van der Waals surface area contributed by atoms with Crippen molar-refractivity contribution >= 4 is 28.8 Å². The first-order chi connectivity index (χ1) is 16.4. The van der Waals surface area contributed by atoms with E-state index >= 15 is 0 Å². The molecule has 0 radical (unpaired) electrons. The van der Waals surface area contributed by atoms with Crippen LogP contribution in [0.2, 0.25) is 0 Å². The molecule has 1 aliphatic carbocycles. The van der Waals surface area contributed by atoms with Gasteiger partial charge in [0.1, 0.15) is 5.82 Å². The zero-order chi connectivity index (χ0) is 23.8. The minimum Gasteiger partial charge on any atom is -0.362 e. The number of aromatic nitrogens is 1. The lowest BCUT2D eigenvalue weighted by molar-refractivity contribution is -0.116. The molecule has 0 saturated carbocycles. The first-order valence-corrected chi connectivity index (χ1v) is 12.4. The summed E-state index contributed by atoms with van der Waals surface area (Å²) in [6.45, 7) is 5.84. The van der Waals surface area contributed by atoms with Crippen LogP contribution in [0.4, 0.5) is 5.82 Å². The Morgan fingerprint density at radius 2 is 1.82 bits per heavy atom. The Kier molecular flexibility index (Phi) is 5.92. The fourth-order valence-corrected chi connectivity index (χ4v) is 5.78. The number of aryl methyl sites for hydroxylation is 2. The average Bonchev–Trinajstić information content (AvgIpc) is 3.33. The third-order valence-electron chi connectivity index (χ3n) is 6.56. The maximum Gasteiger partial charge on any atom is 0.255 e. The van der Waals surface area contributed by atoms with Crippen molar-refractivity contribution in [1.82, 2.24) is 10.3 Å². The molecular weight excluding hydrogens is 442 g/mol. The molecule has 172 valence electrons. The normalized spacial score (nSPS) is 20.1. The van der Waals surface area contributed by atoms with Gasteiger partial charge in [-0.15, -0.1) is 11.3 Å². The van der Waals surface area contributed by atoms with E-state index in [0.29, 0.717) is 23.4 Å². The van der Waals surface area contributed by atoms with E-state index in [9.17, 15) is 9.59 Å². The number of ketones is 1. The van der Waals surface area contributed by atoms with Gasteiger partial charge in [-0.05, 0) is 56.3 Å². The molecule has 1 amide bonds. The molecule has 2 atom stereocenters. The molecule has 1 aromatic carbocycles. The molecule has 2 N–H and O–H groups in total. The maximum absolute atomic E-state index is 13.6. The molecule has 5 nitrogen and oxygen atoms in total. The molecule has 6 heteroatoms. The van der Waals surface area contributed by atoms with E-state index in [4.69, 9.17) is 0 Å². The zero-order valence-corrected chi connectivity index (χ0v) is 20.3. The third kappa shape index (κ3) is 4.21. The van der Waals surface area contributed by atoms with Gasteiger partial charge in [0.05, 0.1) is 0 Å². The van der Waals surface area contributed by atoms with E-state index in [1.807, 2.05) is 63.2 Å². The predicted molar refractivity (Wildman–Crippen MR) is 136 cm³/mol.